The predicted molar refractivity (Wildman–Crippen MR) is 156 cm³/mol. The number of aromatic nitrogens is 2. The average molecular weight is 585 g/mol. The second kappa shape index (κ2) is 15.3. The minimum Gasteiger partial charge on any atom is -0.362 e. The van der Waals surface area contributed by atoms with Gasteiger partial charge in [-0.25, -0.2) is 4.98 Å². The Morgan fingerprint density at radius 2 is 1.95 bits per heavy atom. The molecule has 4 N–H and O–H groups in total. The maximum Gasteiger partial charge on any atom is 0.416 e. The molecule has 0 aliphatic carbocycles. The summed E-state index contributed by atoms with van der Waals surface area (Å²) in [7, 11) is 0. The maximum atomic E-state index is 13.5. The van der Waals surface area contributed by atoms with Crippen LogP contribution in [-0.4, -0.2) is 44.9 Å². The molecule has 0 spiro atoms. The van der Waals surface area contributed by atoms with E-state index in [-0.39, 0.29) is 37.0 Å². The Bertz CT molecular complexity index is 1330. The molecule has 1 heterocycles. The molecule has 0 saturated carbocycles. The van der Waals surface area contributed by atoms with Gasteiger partial charge in [-0.05, 0) is 48.6 Å². The lowest BCUT2D eigenvalue weighted by Crippen LogP contribution is -2.42. The highest BCUT2D eigenvalue weighted by Crippen LogP contribution is 2.32. The van der Waals surface area contributed by atoms with E-state index in [9.17, 15) is 18.0 Å². The summed E-state index contributed by atoms with van der Waals surface area (Å²) in [6.45, 7) is 2.83. The van der Waals surface area contributed by atoms with Gasteiger partial charge < -0.3 is 20.9 Å². The van der Waals surface area contributed by atoms with Gasteiger partial charge in [-0.15, -0.1) is 0 Å². The molecule has 0 saturated heterocycles. The molecular formula is C30H35F3N6OS. The van der Waals surface area contributed by atoms with E-state index >= 15 is 0 Å². The van der Waals surface area contributed by atoms with E-state index in [0.717, 1.165) is 24.5 Å². The third kappa shape index (κ3) is 9.99. The number of nitrogens with one attached hydrogen (secondary N) is 2. The molecule has 0 aliphatic heterocycles. The summed E-state index contributed by atoms with van der Waals surface area (Å²) in [5.41, 5.74) is 7.68. The molecule has 0 fully saturated rings. The summed E-state index contributed by atoms with van der Waals surface area (Å²) >= 11 is 5.64. The van der Waals surface area contributed by atoms with Gasteiger partial charge in [0, 0.05) is 44.0 Å². The summed E-state index contributed by atoms with van der Waals surface area (Å²) in [5.74, 6) is 0.486. The molecule has 41 heavy (non-hydrogen) atoms. The molecule has 3 aromatic rings. The van der Waals surface area contributed by atoms with Crippen LogP contribution in [-0.2, 0) is 30.4 Å². The highest BCUT2D eigenvalue weighted by Gasteiger charge is 2.33. The van der Waals surface area contributed by atoms with Crippen molar-refractivity contribution in [3.05, 3.63) is 88.5 Å². The van der Waals surface area contributed by atoms with Gasteiger partial charge in [-0.2, -0.15) is 18.4 Å². The first-order valence-electron chi connectivity index (χ1n) is 13.6. The summed E-state index contributed by atoms with van der Waals surface area (Å²) in [5, 5.41) is 11.9. The van der Waals surface area contributed by atoms with Crippen LogP contribution in [0.25, 0.3) is 0 Å². The van der Waals surface area contributed by atoms with Crippen LogP contribution in [0, 0.1) is 11.3 Å². The zero-order valence-electron chi connectivity index (χ0n) is 23.0. The molecule has 3 rings (SSSR count). The van der Waals surface area contributed by atoms with Crippen LogP contribution >= 0.6 is 12.2 Å². The lowest BCUT2D eigenvalue weighted by molar-refractivity contribution is -0.138. The molecule has 7 nitrogen and oxygen atoms in total. The normalized spacial score (nSPS) is 12.0. The number of hydrogen-bond donors (Lipinski definition) is 3. The van der Waals surface area contributed by atoms with E-state index in [4.69, 9.17) is 23.2 Å². The Labute approximate surface area is 244 Å². The first-order chi connectivity index (χ1) is 19.6. The first-order valence-corrected chi connectivity index (χ1v) is 14.0. The van der Waals surface area contributed by atoms with E-state index in [0.29, 0.717) is 47.9 Å². The van der Waals surface area contributed by atoms with Gasteiger partial charge in [0.15, 0.2) is 0 Å². The highest BCUT2D eigenvalue weighted by molar-refractivity contribution is 7.80. The van der Waals surface area contributed by atoms with Gasteiger partial charge in [0.05, 0.1) is 28.6 Å². The van der Waals surface area contributed by atoms with Crippen molar-refractivity contribution in [1.82, 2.24) is 20.2 Å². The van der Waals surface area contributed by atoms with Crippen molar-refractivity contribution in [3.8, 4) is 6.07 Å². The van der Waals surface area contributed by atoms with Crippen LogP contribution in [0.4, 0.5) is 13.2 Å². The fourth-order valence-electron chi connectivity index (χ4n) is 4.41. The summed E-state index contributed by atoms with van der Waals surface area (Å²) in [6.07, 6.45) is 0.368. The van der Waals surface area contributed by atoms with E-state index in [1.807, 2.05) is 24.0 Å². The number of alkyl halides is 3. The zero-order valence-corrected chi connectivity index (χ0v) is 23.8. The van der Waals surface area contributed by atoms with Crippen molar-refractivity contribution in [2.75, 3.05) is 13.1 Å². The number of carbonyl (C=O) groups is 1. The molecule has 0 radical (unpaired) electrons. The molecular weight excluding hydrogens is 549 g/mol. The van der Waals surface area contributed by atoms with E-state index in [1.54, 1.807) is 24.4 Å². The van der Waals surface area contributed by atoms with Crippen LogP contribution in [0.3, 0.4) is 0 Å². The smallest absolute Gasteiger partial charge is 0.362 e. The second-order valence-electron chi connectivity index (χ2n) is 9.88. The lowest BCUT2D eigenvalue weighted by Gasteiger charge is -2.28. The van der Waals surface area contributed by atoms with Crippen LogP contribution in [0.5, 0.6) is 0 Å². The number of thiocarbonyl (C=S) groups is 1. The number of amides is 1. The fraction of sp³-hybridized carbons (Fsp3) is 0.400. The Morgan fingerprint density at radius 3 is 2.61 bits per heavy atom. The maximum absolute atomic E-state index is 13.5. The van der Waals surface area contributed by atoms with Crippen molar-refractivity contribution in [1.29, 1.82) is 5.26 Å². The Balaban J connectivity index is 1.54. The molecule has 218 valence electrons. The first kappa shape index (κ1) is 31.8. The van der Waals surface area contributed by atoms with Crippen molar-refractivity contribution >= 4 is 23.1 Å². The number of imidazole rings is 1. The van der Waals surface area contributed by atoms with Crippen molar-refractivity contribution in [2.24, 2.45) is 5.73 Å². The summed E-state index contributed by atoms with van der Waals surface area (Å²) in [4.78, 5) is 22.6. The third-order valence-corrected chi connectivity index (χ3v) is 7.12. The number of benzene rings is 2. The van der Waals surface area contributed by atoms with Crippen molar-refractivity contribution < 1.29 is 18.0 Å². The fourth-order valence-corrected chi connectivity index (χ4v) is 4.69. The standard InChI is InChI=1S/C30H35F3N6OS/c1-2-3-14-39(20-23-6-4-5-7-26(23)30(31,32)33)29(41)13-12-24(18-35)38-28(40)16-25-19-36-27(37-25)15-21-8-10-22(17-34)11-9-21/h4-11,19,24H,2-3,12-16,18,20,35H2,1H3,(H,36,37)(H,38,40)/t24-/m0/s1. The number of unbranched alkanes of at least 4 members (excludes halogenated alkanes) is 1. The van der Waals surface area contributed by atoms with Crippen molar-refractivity contribution in [2.45, 2.75) is 64.2 Å². The van der Waals surface area contributed by atoms with E-state index in [2.05, 4.69) is 21.4 Å². The lowest BCUT2D eigenvalue weighted by atomic mass is 10.1. The topological polar surface area (TPSA) is 111 Å². The highest BCUT2D eigenvalue weighted by atomic mass is 32.1. The second-order valence-corrected chi connectivity index (χ2v) is 10.4. The van der Waals surface area contributed by atoms with Gasteiger partial charge >= 0.3 is 6.18 Å². The van der Waals surface area contributed by atoms with Gasteiger partial charge in [-0.1, -0.05) is 55.9 Å². The average Bonchev–Trinajstić information content (AvgIpc) is 3.39. The predicted octanol–water partition coefficient (Wildman–Crippen LogP) is 5.29. The van der Waals surface area contributed by atoms with Crippen LogP contribution in [0.1, 0.15) is 66.4 Å². The Hall–Kier alpha value is -3.75. The number of hydrogen-bond acceptors (Lipinski definition) is 5. The van der Waals surface area contributed by atoms with Gasteiger partial charge in [0.2, 0.25) is 5.91 Å². The van der Waals surface area contributed by atoms with Crippen LogP contribution in [0.15, 0.2) is 54.7 Å². The monoisotopic (exact) mass is 584 g/mol. The minimum atomic E-state index is -4.44. The summed E-state index contributed by atoms with van der Waals surface area (Å²) in [6, 6.07) is 14.5. The van der Waals surface area contributed by atoms with E-state index < -0.39 is 11.7 Å². The zero-order chi connectivity index (χ0) is 29.8. The van der Waals surface area contributed by atoms with E-state index in [1.165, 1.54) is 12.1 Å². The number of rotatable bonds is 14. The largest absolute Gasteiger partial charge is 0.416 e. The number of aromatic amines is 1. The number of nitrogens with zero attached hydrogens (tertiary/aromatic N) is 3. The van der Waals surface area contributed by atoms with Crippen LogP contribution < -0.4 is 11.1 Å². The molecule has 1 amide bonds. The SMILES string of the molecule is CCCCN(Cc1ccccc1C(F)(F)F)C(=S)CC[C@@H](CN)NC(=O)Cc1cnc(Cc2ccc(C#N)cc2)[nH]1. The summed E-state index contributed by atoms with van der Waals surface area (Å²) < 4.78 is 40.6. The van der Waals surface area contributed by atoms with Crippen LogP contribution in [0.2, 0.25) is 0 Å². The number of nitriles is 1. The minimum absolute atomic E-state index is 0.0682. The molecule has 1 aromatic heterocycles. The number of halogens is 3. The molecule has 0 aliphatic rings. The molecule has 0 bridgehead atoms. The Morgan fingerprint density at radius 1 is 1.22 bits per heavy atom. The van der Waals surface area contributed by atoms with Crippen molar-refractivity contribution in [3.63, 3.8) is 0 Å². The van der Waals surface area contributed by atoms with Gasteiger partial charge in [0.25, 0.3) is 0 Å². The Kier molecular flexibility index (Phi) is 11.9. The third-order valence-electron chi connectivity index (χ3n) is 6.66. The molecule has 1 atom stereocenters. The molecule has 11 heteroatoms. The number of nitrogens with two attached hydrogens (primary N) is 1. The quantitative estimate of drug-likeness (QED) is 0.222. The molecule has 2 aromatic carbocycles. The van der Waals surface area contributed by atoms with Gasteiger partial charge in [-0.3, -0.25) is 4.79 Å². The number of carbonyl (C=O) groups excluding carboxylic acids is 1. The molecule has 0 unspecified atom stereocenters. The van der Waals surface area contributed by atoms with Gasteiger partial charge in [0.1, 0.15) is 5.82 Å². The number of H-pyrrole nitrogens is 1.